The topological polar surface area (TPSA) is 314 Å². The van der Waals surface area contributed by atoms with Crippen LogP contribution in [-0.2, 0) is 34.8 Å². The Bertz CT molecular complexity index is 6020. The molecular weight excluding hydrogens is 1900 g/mol. The number of hydrogen-bond donors (Lipinski definition) is 6. The average molecular weight is 2040 g/mol. The van der Waals surface area contributed by atoms with Gasteiger partial charge in [-0.15, -0.1) is 0 Å². The summed E-state index contributed by atoms with van der Waals surface area (Å²) < 4.78 is 48.7. The zero-order valence-electron chi connectivity index (χ0n) is 82.5. The van der Waals surface area contributed by atoms with E-state index in [0.29, 0.717) is 134 Å². The van der Waals surface area contributed by atoms with E-state index in [4.69, 9.17) is 46.4 Å². The van der Waals surface area contributed by atoms with Crippen molar-refractivity contribution in [3.8, 4) is 0 Å². The van der Waals surface area contributed by atoms with Gasteiger partial charge in [0.1, 0.15) is 0 Å². The van der Waals surface area contributed by atoms with Crippen LogP contribution in [0.4, 0.5) is 46.0 Å². The van der Waals surface area contributed by atoms with Crippen molar-refractivity contribution in [1.29, 1.82) is 0 Å². The number of benzene rings is 5. The molecule has 2 saturated carbocycles. The molecule has 8 aliphatic rings. The van der Waals surface area contributed by atoms with E-state index in [1.165, 1.54) is 146 Å². The zero-order valence-corrected chi connectivity index (χ0v) is 87.1. The molecule has 754 valence electrons. The minimum absolute atomic E-state index is 0.0202. The summed E-state index contributed by atoms with van der Waals surface area (Å²) in [6.45, 7) is 22.2. The Morgan fingerprint density at radius 3 is 1.12 bits per heavy atom. The first-order valence-electron chi connectivity index (χ1n) is 50.5. The van der Waals surface area contributed by atoms with Crippen LogP contribution in [0.25, 0.3) is 0 Å². The maximum atomic E-state index is 13.0. The highest BCUT2D eigenvalue weighted by molar-refractivity contribution is 7.91. The fourth-order valence-electron chi connectivity index (χ4n) is 20.5. The molecule has 32 heteroatoms. The van der Waals surface area contributed by atoms with Gasteiger partial charge in [-0.1, -0.05) is 162 Å². The van der Waals surface area contributed by atoms with Gasteiger partial charge in [0.15, 0.2) is 42.9 Å². The predicted octanol–water partition coefficient (Wildman–Crippen LogP) is 21.5. The Kier molecular flexibility index (Phi) is 38.0. The van der Waals surface area contributed by atoms with Crippen molar-refractivity contribution in [1.82, 2.24) is 40.4 Å². The molecule has 141 heavy (non-hydrogen) atoms. The number of sulfone groups is 2. The van der Waals surface area contributed by atoms with Crippen molar-refractivity contribution in [3.63, 3.8) is 0 Å². The molecule has 2 atom stereocenters. The molecule has 0 radical (unpaired) electrons. The van der Waals surface area contributed by atoms with Crippen molar-refractivity contribution < 1.29 is 45.6 Å². The molecule has 6 aliphatic heterocycles. The van der Waals surface area contributed by atoms with E-state index in [1.54, 1.807) is 60.9 Å². The lowest BCUT2D eigenvalue weighted by Crippen LogP contribution is -2.45. The van der Waals surface area contributed by atoms with Crippen LogP contribution < -0.4 is 51.5 Å². The molecule has 0 spiro atoms. The van der Waals surface area contributed by atoms with Crippen molar-refractivity contribution >= 4 is 148 Å². The number of halogens is 4. The number of aromatic nitrogens is 4. The molecule has 26 nitrogen and oxygen atoms in total. The van der Waals surface area contributed by atoms with Crippen LogP contribution in [-0.4, -0.2) is 191 Å². The Hall–Kier alpha value is -10.3. The van der Waals surface area contributed by atoms with Crippen molar-refractivity contribution in [3.05, 3.63) is 235 Å². The van der Waals surface area contributed by atoms with Gasteiger partial charge in [-0.25, -0.2) is 36.8 Å². The van der Waals surface area contributed by atoms with Crippen LogP contribution in [0.15, 0.2) is 180 Å². The molecule has 8 fully saturated rings. The highest BCUT2D eigenvalue weighted by atomic mass is 35.5. The van der Waals surface area contributed by atoms with Crippen LogP contribution in [0.1, 0.15) is 244 Å². The average Bonchev–Trinajstić information content (AvgIpc) is 1.62. The van der Waals surface area contributed by atoms with Crippen molar-refractivity contribution in [2.24, 2.45) is 23.7 Å². The molecule has 0 bridgehead atoms. The Morgan fingerprint density at radius 1 is 0.369 bits per heavy atom. The van der Waals surface area contributed by atoms with Gasteiger partial charge in [0, 0.05) is 153 Å². The van der Waals surface area contributed by atoms with Crippen LogP contribution >= 0.6 is 46.4 Å². The van der Waals surface area contributed by atoms with Gasteiger partial charge in [0.25, 0.3) is 23.6 Å². The second-order valence-electron chi connectivity index (χ2n) is 40.0. The monoisotopic (exact) mass is 2030 g/mol. The highest BCUT2D eigenvalue weighted by Gasteiger charge is 2.46. The molecule has 4 aromatic heterocycles. The molecule has 10 heterocycles. The van der Waals surface area contributed by atoms with E-state index in [1.807, 2.05) is 84.3 Å². The van der Waals surface area contributed by atoms with E-state index in [0.717, 1.165) is 143 Å². The van der Waals surface area contributed by atoms with Gasteiger partial charge in [-0.2, -0.15) is 0 Å². The number of nitrogens with zero attached hydrogens (tertiary/aromatic N) is 10. The molecule has 2 aliphatic carbocycles. The SMILES string of the molecule is CS(=O)(=O)c1cnc(N2CCC(CC(=O)NC3CCCCC3)CC2)c(NC(=O)c2cccc(Cl)c2)c1.Cc1ccc(C2(NC(=O)CC3CCN(c4ncc(S(C)(=O)=O)cc4NC(=O)c4cccc(Cl)c4)CC3)CC2)cc1.Cc1cccc(C(=O)Nc2cc(Cl)cnc2N2CCC(CCN3CCCCCC3)CC2)c1.Cc1cccc(C(=O)Nc2cc(Cl)cnc2N2CCC(CCN3[C@H](C)CCC[C@@H]3C)CC2)c1. The Labute approximate surface area is 853 Å². The third-order valence-corrected chi connectivity index (χ3v) is 32.0. The number of piperidine rings is 5. The van der Waals surface area contributed by atoms with E-state index >= 15 is 0 Å². The summed E-state index contributed by atoms with van der Waals surface area (Å²) in [7, 11) is -7.04. The van der Waals surface area contributed by atoms with Crippen LogP contribution in [0.5, 0.6) is 0 Å². The van der Waals surface area contributed by atoms with Crippen LogP contribution in [0, 0.1) is 44.4 Å². The molecule has 9 aromatic rings. The quantitative estimate of drug-likeness (QED) is 0.0279. The lowest BCUT2D eigenvalue weighted by atomic mass is 9.91. The van der Waals surface area contributed by atoms with Gasteiger partial charge in [0.2, 0.25) is 11.8 Å². The maximum absolute atomic E-state index is 13.0. The van der Waals surface area contributed by atoms with E-state index < -0.39 is 31.5 Å². The van der Waals surface area contributed by atoms with Gasteiger partial charge in [-0.05, 0) is 291 Å². The molecule has 6 amide bonds. The number of hydrogen-bond acceptors (Lipinski definition) is 20. The zero-order chi connectivity index (χ0) is 99.9. The lowest BCUT2D eigenvalue weighted by molar-refractivity contribution is -0.124. The maximum Gasteiger partial charge on any atom is 0.255 e. The van der Waals surface area contributed by atoms with Gasteiger partial charge >= 0.3 is 0 Å². The second-order valence-corrected chi connectivity index (χ2v) is 45.8. The number of amides is 6. The number of rotatable bonds is 27. The van der Waals surface area contributed by atoms with E-state index in [2.05, 4.69) is 116 Å². The smallest absolute Gasteiger partial charge is 0.255 e. The fourth-order valence-corrected chi connectivity index (χ4v) is 22.4. The summed E-state index contributed by atoms with van der Waals surface area (Å²) >= 11 is 24.5. The summed E-state index contributed by atoms with van der Waals surface area (Å²) in [6, 6.07) is 44.9. The minimum Gasteiger partial charge on any atom is -0.355 e. The second kappa shape index (κ2) is 50.3. The van der Waals surface area contributed by atoms with Crippen LogP contribution in [0.2, 0.25) is 20.1 Å². The summed E-state index contributed by atoms with van der Waals surface area (Å²) in [5.74, 6) is 3.80. The Morgan fingerprint density at radius 2 is 0.730 bits per heavy atom. The third-order valence-electron chi connectivity index (χ3n) is 29.0. The molecular formula is C109H138Cl4N16O10S2. The van der Waals surface area contributed by atoms with Crippen molar-refractivity contribution in [2.45, 2.75) is 235 Å². The number of anilines is 8. The molecule has 5 aromatic carbocycles. The molecule has 6 N–H and O–H groups in total. The first-order valence-corrected chi connectivity index (χ1v) is 55.8. The van der Waals surface area contributed by atoms with Gasteiger partial charge in [0.05, 0.1) is 48.1 Å². The summed E-state index contributed by atoms with van der Waals surface area (Å²) in [5.41, 5.74) is 8.27. The van der Waals surface area contributed by atoms with Crippen LogP contribution in [0.3, 0.4) is 0 Å². The largest absolute Gasteiger partial charge is 0.355 e. The number of likely N-dealkylation sites (tertiary alicyclic amines) is 2. The first-order chi connectivity index (χ1) is 67.7. The summed E-state index contributed by atoms with van der Waals surface area (Å²) in [4.78, 5) is 109. The standard InChI is InChI=1S/C30H33ClN4O4S.C27H37ClN4O.C26H33ClN4O4S.C26H35ClN4O/c1-20-6-8-23(9-7-20)30(12-13-30)34-27(36)16-21-10-14-35(15-11-21)28-26(18-25(19-32-28)40(2,38)39)33-29(37)22-4-3-5-24(31)17-22;1-19-6-4-9-23(16-19)27(33)30-25-17-24(28)18-29-26(25)31-13-10-22(11-14-31)12-15-32-20(2)7-5-8-21(32)3;1-36(34,35)22-16-23(30-26(33)19-6-5-7-20(27)15-19)25(28-17-22)31-12-10-18(11-13-31)14-24(32)29-21-8-3-2-4-9-21;1-20-7-6-8-22(17-20)26(32)29-24-18-23(27)19-28-25(24)31-15-10-21(11-16-31)9-14-30-12-4-2-3-5-13-30/h3-9,17-19,21H,10-16H2,1-2H3,(H,33,37)(H,34,36);4,6,9,16-18,20-22H,5,7-8,10-15H2,1-3H3,(H,30,33);5-7,15-18,21H,2-4,8-14H2,1H3,(H,29,32)(H,30,33);6-8,17-19,21H,2-5,9-16H2,1H3,(H,29,32)/t;20-,21+;;. The van der Waals surface area contributed by atoms with E-state index in [9.17, 15) is 45.6 Å². The molecule has 17 rings (SSSR count). The highest BCUT2D eigenvalue weighted by Crippen LogP contribution is 2.47. The molecule has 6 saturated heterocycles. The van der Waals surface area contributed by atoms with E-state index in [-0.39, 0.29) is 50.8 Å². The van der Waals surface area contributed by atoms with Gasteiger partial charge in [-0.3, -0.25) is 33.7 Å². The third kappa shape index (κ3) is 31.1. The first kappa shape index (κ1) is 106. The summed E-state index contributed by atoms with van der Waals surface area (Å²) in [5, 5.41) is 20.1. The number of pyridine rings is 4. The lowest BCUT2D eigenvalue weighted by Gasteiger charge is -2.40. The predicted molar refractivity (Wildman–Crippen MR) is 568 cm³/mol. The van der Waals surface area contributed by atoms with Crippen molar-refractivity contribution in [2.75, 3.05) is 132 Å². The fraction of sp³-hybridized carbons (Fsp3) is 0.486. The Balaban J connectivity index is 0.000000150. The van der Waals surface area contributed by atoms with Gasteiger partial charge < -0.3 is 56.4 Å². The number of aryl methyl sites for hydroxylation is 3. The normalized spacial score (nSPS) is 18.7. The summed E-state index contributed by atoms with van der Waals surface area (Å²) in [6.07, 6.45) is 36.8. The number of nitrogens with one attached hydrogen (secondary N) is 6. The molecule has 0 unspecified atom stereocenters. The minimum atomic E-state index is -3.53. The number of carbonyl (C=O) groups excluding carboxylic acids is 6. The number of carbonyl (C=O) groups is 6.